The number of rotatable bonds is 5. The second kappa shape index (κ2) is 11.9. The molecule has 1 saturated carbocycles. The van der Waals surface area contributed by atoms with Crippen LogP contribution in [0.4, 0.5) is 10.5 Å². The molecule has 0 atom stereocenters. The number of pyridine rings is 1. The van der Waals surface area contributed by atoms with Gasteiger partial charge in [0.15, 0.2) is 0 Å². The second-order valence-electron chi connectivity index (χ2n) is 7.30. The number of sulfonamides is 1. The molecular formula is C20H33N3O4S. The third kappa shape index (κ3) is 7.66. The summed E-state index contributed by atoms with van der Waals surface area (Å²) in [5.41, 5.74) is 0.476. The molecule has 2 N–H and O–H groups in total. The Morgan fingerprint density at radius 3 is 2.21 bits per heavy atom. The number of carbonyl (C=O) groups excluding carboxylic acids is 1. The Labute approximate surface area is 168 Å². The van der Waals surface area contributed by atoms with Gasteiger partial charge in [-0.1, -0.05) is 57.8 Å². The van der Waals surface area contributed by atoms with Crippen molar-refractivity contribution in [3.8, 4) is 0 Å². The summed E-state index contributed by atoms with van der Waals surface area (Å²) in [6.45, 7) is 1.72. The van der Waals surface area contributed by atoms with E-state index in [0.717, 1.165) is 25.7 Å². The Kier molecular flexibility index (Phi) is 9.54. The lowest BCUT2D eigenvalue weighted by atomic mass is 9.98. The minimum absolute atomic E-state index is 0.0332. The maximum absolute atomic E-state index is 12.6. The minimum Gasteiger partial charge on any atom is -0.449 e. The lowest BCUT2D eigenvalue weighted by molar-refractivity contribution is 0.158. The van der Waals surface area contributed by atoms with E-state index in [2.05, 4.69) is 10.3 Å². The number of nitrogens with zero attached hydrogens (tertiary/aromatic N) is 1. The fourth-order valence-corrected chi connectivity index (χ4v) is 4.57. The summed E-state index contributed by atoms with van der Waals surface area (Å²) in [5.74, 6) is 0. The zero-order valence-electron chi connectivity index (χ0n) is 16.8. The van der Waals surface area contributed by atoms with Gasteiger partial charge >= 0.3 is 6.09 Å². The maximum Gasteiger partial charge on any atom is 0.421 e. The SMILES string of the molecule is CCOC(=O)NS(=O)(=O)c1cnccc1NC1CCCCCCCCCCC1. The molecule has 0 aromatic carbocycles. The standard InChI is InChI=1S/C20H33N3O4S/c1-2-27-20(24)23-28(25,26)19-16-21-15-14-18(19)22-17-12-10-8-6-4-3-5-7-9-11-13-17/h14-17H,2-13H2,1H3,(H,21,22)(H,23,24). The highest BCUT2D eigenvalue weighted by molar-refractivity contribution is 7.90. The largest absolute Gasteiger partial charge is 0.449 e. The fraction of sp³-hybridized carbons (Fsp3) is 0.700. The number of nitrogens with one attached hydrogen (secondary N) is 2. The minimum atomic E-state index is -4.05. The molecule has 0 unspecified atom stereocenters. The van der Waals surface area contributed by atoms with E-state index in [0.29, 0.717) is 5.69 Å². The summed E-state index contributed by atoms with van der Waals surface area (Å²) in [5, 5.41) is 3.40. The quantitative estimate of drug-likeness (QED) is 0.735. The van der Waals surface area contributed by atoms with Crippen molar-refractivity contribution >= 4 is 21.8 Å². The van der Waals surface area contributed by atoms with Gasteiger partial charge in [-0.25, -0.2) is 17.9 Å². The first-order valence-corrected chi connectivity index (χ1v) is 11.9. The first kappa shape index (κ1) is 22.5. The molecule has 158 valence electrons. The van der Waals surface area contributed by atoms with Gasteiger partial charge in [-0.15, -0.1) is 0 Å². The van der Waals surface area contributed by atoms with Crippen LogP contribution in [0.25, 0.3) is 0 Å². The number of hydrogen-bond donors (Lipinski definition) is 2. The number of carbonyl (C=O) groups is 1. The monoisotopic (exact) mass is 411 g/mol. The third-order valence-electron chi connectivity index (χ3n) is 5.03. The summed E-state index contributed by atoms with van der Waals surface area (Å²) in [6.07, 6.45) is 15.0. The lowest BCUT2D eigenvalue weighted by Crippen LogP contribution is -2.32. The van der Waals surface area contributed by atoms with E-state index in [1.54, 1.807) is 19.2 Å². The molecule has 0 bridgehead atoms. The Morgan fingerprint density at radius 2 is 1.64 bits per heavy atom. The Morgan fingerprint density at radius 1 is 1.07 bits per heavy atom. The molecular weight excluding hydrogens is 378 g/mol. The number of hydrogen-bond acceptors (Lipinski definition) is 6. The smallest absolute Gasteiger partial charge is 0.421 e. The van der Waals surface area contributed by atoms with E-state index in [1.807, 2.05) is 4.72 Å². The van der Waals surface area contributed by atoms with Crippen molar-refractivity contribution < 1.29 is 17.9 Å². The van der Waals surface area contributed by atoms with Crippen molar-refractivity contribution in [2.24, 2.45) is 0 Å². The van der Waals surface area contributed by atoms with Crippen LogP contribution in [-0.2, 0) is 14.8 Å². The highest BCUT2D eigenvalue weighted by Gasteiger charge is 2.23. The van der Waals surface area contributed by atoms with E-state index in [4.69, 9.17) is 4.74 Å². The van der Waals surface area contributed by atoms with Crippen molar-refractivity contribution in [2.75, 3.05) is 11.9 Å². The molecule has 1 fully saturated rings. The van der Waals surface area contributed by atoms with Crippen LogP contribution in [0.2, 0.25) is 0 Å². The maximum atomic E-state index is 12.6. The molecule has 0 radical (unpaired) electrons. The molecule has 1 heterocycles. The van der Waals surface area contributed by atoms with E-state index in [1.165, 1.54) is 51.1 Å². The van der Waals surface area contributed by atoms with Crippen LogP contribution in [0.1, 0.15) is 77.6 Å². The van der Waals surface area contributed by atoms with E-state index in [-0.39, 0.29) is 17.5 Å². The van der Waals surface area contributed by atoms with Crippen LogP contribution in [0, 0.1) is 0 Å². The first-order chi connectivity index (χ1) is 13.5. The van der Waals surface area contributed by atoms with E-state index >= 15 is 0 Å². The Bertz CT molecular complexity index is 697. The number of aromatic nitrogens is 1. The summed E-state index contributed by atoms with van der Waals surface area (Å²) < 4.78 is 31.8. The summed E-state index contributed by atoms with van der Waals surface area (Å²) in [4.78, 5) is 15.5. The summed E-state index contributed by atoms with van der Waals surface area (Å²) >= 11 is 0. The highest BCUT2D eigenvalue weighted by atomic mass is 32.2. The molecule has 1 aromatic heterocycles. The van der Waals surface area contributed by atoms with Crippen LogP contribution in [0.3, 0.4) is 0 Å². The van der Waals surface area contributed by atoms with Crippen LogP contribution in [0.15, 0.2) is 23.4 Å². The third-order valence-corrected chi connectivity index (χ3v) is 6.37. The van der Waals surface area contributed by atoms with Crippen LogP contribution in [-0.4, -0.2) is 32.1 Å². The highest BCUT2D eigenvalue weighted by Crippen LogP contribution is 2.24. The molecule has 28 heavy (non-hydrogen) atoms. The van der Waals surface area contributed by atoms with Gasteiger partial charge in [-0.05, 0) is 25.8 Å². The molecule has 0 saturated heterocycles. The molecule has 0 aliphatic heterocycles. The zero-order chi connectivity index (χ0) is 20.2. The predicted molar refractivity (Wildman–Crippen MR) is 110 cm³/mol. The topological polar surface area (TPSA) is 97.4 Å². The average molecular weight is 412 g/mol. The molecule has 1 aliphatic carbocycles. The normalized spacial score (nSPS) is 17.8. The van der Waals surface area contributed by atoms with Gasteiger partial charge in [-0.3, -0.25) is 4.98 Å². The number of anilines is 1. The van der Waals surface area contributed by atoms with E-state index in [9.17, 15) is 13.2 Å². The Balaban J connectivity index is 2.09. The number of ether oxygens (including phenoxy) is 1. The van der Waals surface area contributed by atoms with Gasteiger partial charge in [0, 0.05) is 18.4 Å². The molecule has 1 aliphatic rings. The van der Waals surface area contributed by atoms with Crippen LogP contribution >= 0.6 is 0 Å². The van der Waals surface area contributed by atoms with Crippen molar-refractivity contribution in [1.82, 2.24) is 9.71 Å². The average Bonchev–Trinajstić information content (AvgIpc) is 2.64. The molecule has 0 spiro atoms. The van der Waals surface area contributed by atoms with Crippen molar-refractivity contribution in [2.45, 2.75) is 88.5 Å². The molecule has 1 aromatic rings. The molecule has 2 rings (SSSR count). The van der Waals surface area contributed by atoms with Gasteiger partial charge in [0.1, 0.15) is 4.90 Å². The van der Waals surface area contributed by atoms with Gasteiger partial charge in [0.25, 0.3) is 10.0 Å². The fourth-order valence-electron chi connectivity index (χ4n) is 3.57. The van der Waals surface area contributed by atoms with Gasteiger partial charge < -0.3 is 10.1 Å². The number of amides is 1. The molecule has 1 amide bonds. The van der Waals surface area contributed by atoms with Gasteiger partial charge in [0.2, 0.25) is 0 Å². The van der Waals surface area contributed by atoms with Crippen LogP contribution < -0.4 is 10.0 Å². The molecule has 8 heteroatoms. The zero-order valence-corrected chi connectivity index (χ0v) is 17.6. The van der Waals surface area contributed by atoms with Gasteiger partial charge in [-0.2, -0.15) is 0 Å². The van der Waals surface area contributed by atoms with E-state index < -0.39 is 16.1 Å². The predicted octanol–water partition coefficient (Wildman–Crippen LogP) is 4.60. The second-order valence-corrected chi connectivity index (χ2v) is 8.95. The molecule has 7 nitrogen and oxygen atoms in total. The van der Waals surface area contributed by atoms with Crippen LogP contribution in [0.5, 0.6) is 0 Å². The lowest BCUT2D eigenvalue weighted by Gasteiger charge is -2.22. The summed E-state index contributed by atoms with van der Waals surface area (Å²) in [7, 11) is -4.05. The first-order valence-electron chi connectivity index (χ1n) is 10.4. The van der Waals surface area contributed by atoms with Gasteiger partial charge in [0.05, 0.1) is 12.3 Å². The van der Waals surface area contributed by atoms with Crippen molar-refractivity contribution in [3.05, 3.63) is 18.5 Å². The Hall–Kier alpha value is -1.83. The summed E-state index contributed by atoms with van der Waals surface area (Å²) in [6, 6.07) is 1.86. The van der Waals surface area contributed by atoms with Crippen molar-refractivity contribution in [3.63, 3.8) is 0 Å². The van der Waals surface area contributed by atoms with Crippen molar-refractivity contribution in [1.29, 1.82) is 0 Å².